The van der Waals surface area contributed by atoms with Crippen LogP contribution < -0.4 is 21.7 Å². The summed E-state index contributed by atoms with van der Waals surface area (Å²) in [6.07, 6.45) is -0.793. The predicted octanol–water partition coefficient (Wildman–Crippen LogP) is -2.71. The second-order valence-electron chi connectivity index (χ2n) is 6.47. The van der Waals surface area contributed by atoms with E-state index in [4.69, 9.17) is 15.9 Å². The minimum atomic E-state index is -1.52. The molecular weight excluding hydrogens is 360 g/mol. The minimum Gasteiger partial charge on any atom is -0.480 e. The van der Waals surface area contributed by atoms with Crippen LogP contribution in [0.3, 0.4) is 0 Å². The van der Waals surface area contributed by atoms with Gasteiger partial charge in [-0.25, -0.2) is 4.79 Å². The normalized spacial score (nSPS) is 17.6. The van der Waals surface area contributed by atoms with Gasteiger partial charge in [-0.1, -0.05) is 20.3 Å². The Morgan fingerprint density at radius 1 is 0.926 bits per heavy atom. The van der Waals surface area contributed by atoms with E-state index < -0.39 is 60.6 Å². The average molecular weight is 390 g/mol. The third kappa shape index (κ3) is 7.89. The Balaban J connectivity index is 5.35. The van der Waals surface area contributed by atoms with Gasteiger partial charge in [0, 0.05) is 0 Å². The molecule has 0 heterocycles. The van der Waals surface area contributed by atoms with Gasteiger partial charge in [0.05, 0.1) is 18.8 Å². The SMILES string of the molecule is CC[C@H](C)[C@H](NC(=O)[C@@H](NC(=O)[C@H](C)N)[C@@H](C)O)C(=O)N[C@@H](CO)C(=O)O. The van der Waals surface area contributed by atoms with Crippen molar-refractivity contribution in [3.05, 3.63) is 0 Å². The van der Waals surface area contributed by atoms with Gasteiger partial charge in [-0.15, -0.1) is 0 Å². The summed E-state index contributed by atoms with van der Waals surface area (Å²) < 4.78 is 0. The lowest BCUT2D eigenvalue weighted by Crippen LogP contribution is -2.61. The van der Waals surface area contributed by atoms with Gasteiger partial charge in [-0.2, -0.15) is 0 Å². The van der Waals surface area contributed by atoms with E-state index in [1.54, 1.807) is 13.8 Å². The molecule has 0 unspecified atom stereocenters. The van der Waals surface area contributed by atoms with E-state index >= 15 is 0 Å². The monoisotopic (exact) mass is 390 g/mol. The topological polar surface area (TPSA) is 191 Å². The quantitative estimate of drug-likeness (QED) is 0.198. The van der Waals surface area contributed by atoms with E-state index in [1.165, 1.54) is 13.8 Å². The van der Waals surface area contributed by atoms with Crippen LogP contribution in [0, 0.1) is 5.92 Å². The lowest BCUT2D eigenvalue weighted by atomic mass is 9.97. The van der Waals surface area contributed by atoms with Crippen molar-refractivity contribution in [3.63, 3.8) is 0 Å². The summed E-state index contributed by atoms with van der Waals surface area (Å²) in [6, 6.07) is -4.92. The number of carboxylic acid groups (broad SMARTS) is 1. The second kappa shape index (κ2) is 11.5. The van der Waals surface area contributed by atoms with Gasteiger partial charge in [0.2, 0.25) is 17.7 Å². The lowest BCUT2D eigenvalue weighted by Gasteiger charge is -2.28. The molecule has 8 N–H and O–H groups in total. The number of nitrogens with one attached hydrogen (secondary N) is 3. The number of carbonyl (C=O) groups is 4. The van der Waals surface area contributed by atoms with Gasteiger partial charge in [0.1, 0.15) is 18.1 Å². The Kier molecular flexibility index (Phi) is 10.5. The third-order valence-corrected chi connectivity index (χ3v) is 4.07. The molecule has 156 valence electrons. The standard InChI is InChI=1S/C16H30N4O7/c1-5-7(2)11(14(24)18-10(6-21)16(26)27)19-15(25)12(9(4)22)20-13(23)8(3)17/h7-12,21-22H,5-6,17H2,1-4H3,(H,18,24)(H,19,25)(H,20,23)(H,26,27)/t7-,8-,9+,10-,11-,12-/m0/s1. The van der Waals surface area contributed by atoms with Crippen LogP contribution in [0.4, 0.5) is 0 Å². The molecule has 0 fully saturated rings. The van der Waals surface area contributed by atoms with Crippen molar-refractivity contribution in [2.75, 3.05) is 6.61 Å². The molecule has 0 bridgehead atoms. The molecule has 0 aliphatic rings. The van der Waals surface area contributed by atoms with Crippen molar-refractivity contribution in [1.82, 2.24) is 16.0 Å². The molecule has 6 atom stereocenters. The summed E-state index contributed by atoms with van der Waals surface area (Å²) >= 11 is 0. The van der Waals surface area contributed by atoms with E-state index in [1.807, 2.05) is 0 Å². The van der Waals surface area contributed by atoms with E-state index in [0.717, 1.165) is 0 Å². The Bertz CT molecular complexity index is 539. The van der Waals surface area contributed by atoms with Gasteiger partial charge in [0.15, 0.2) is 0 Å². The minimum absolute atomic E-state index is 0.388. The smallest absolute Gasteiger partial charge is 0.328 e. The van der Waals surface area contributed by atoms with Crippen LogP contribution in [0.25, 0.3) is 0 Å². The fraction of sp³-hybridized carbons (Fsp3) is 0.750. The number of hydrogen-bond donors (Lipinski definition) is 7. The van der Waals surface area contributed by atoms with E-state index in [0.29, 0.717) is 6.42 Å². The molecule has 0 radical (unpaired) electrons. The maximum atomic E-state index is 12.5. The number of aliphatic hydroxyl groups is 2. The van der Waals surface area contributed by atoms with Crippen LogP contribution in [-0.4, -0.2) is 75.9 Å². The Hall–Kier alpha value is -2.24. The van der Waals surface area contributed by atoms with E-state index in [2.05, 4.69) is 16.0 Å². The molecule has 0 aromatic carbocycles. The maximum absolute atomic E-state index is 12.5. The summed E-state index contributed by atoms with van der Waals surface area (Å²) in [4.78, 5) is 47.6. The summed E-state index contributed by atoms with van der Waals surface area (Å²) in [5.41, 5.74) is 5.43. The molecule has 0 saturated heterocycles. The molecule has 0 aliphatic heterocycles. The first-order valence-electron chi connectivity index (χ1n) is 8.64. The molecule has 27 heavy (non-hydrogen) atoms. The number of carboxylic acids is 1. The Labute approximate surface area is 157 Å². The van der Waals surface area contributed by atoms with Crippen LogP contribution in [0.2, 0.25) is 0 Å². The van der Waals surface area contributed by atoms with Crippen LogP contribution in [-0.2, 0) is 19.2 Å². The molecule has 0 saturated carbocycles. The van der Waals surface area contributed by atoms with Crippen molar-refractivity contribution < 1.29 is 34.5 Å². The molecule has 0 rings (SSSR count). The highest BCUT2D eigenvalue weighted by Crippen LogP contribution is 2.09. The fourth-order valence-corrected chi connectivity index (χ4v) is 2.08. The maximum Gasteiger partial charge on any atom is 0.328 e. The lowest BCUT2D eigenvalue weighted by molar-refractivity contribution is -0.143. The zero-order chi connectivity index (χ0) is 21.3. The fourth-order valence-electron chi connectivity index (χ4n) is 2.08. The van der Waals surface area contributed by atoms with Gasteiger partial charge in [-0.05, 0) is 19.8 Å². The zero-order valence-electron chi connectivity index (χ0n) is 15.9. The molecule has 3 amide bonds. The highest BCUT2D eigenvalue weighted by molar-refractivity contribution is 5.94. The third-order valence-electron chi connectivity index (χ3n) is 4.07. The van der Waals surface area contributed by atoms with Gasteiger partial charge < -0.3 is 37.0 Å². The molecule has 0 aromatic heterocycles. The number of amides is 3. The highest BCUT2D eigenvalue weighted by atomic mass is 16.4. The Morgan fingerprint density at radius 2 is 1.41 bits per heavy atom. The van der Waals surface area contributed by atoms with Crippen LogP contribution in [0.1, 0.15) is 34.1 Å². The van der Waals surface area contributed by atoms with Crippen LogP contribution in [0.15, 0.2) is 0 Å². The number of carbonyl (C=O) groups excluding carboxylic acids is 3. The van der Waals surface area contributed by atoms with Crippen LogP contribution in [0.5, 0.6) is 0 Å². The average Bonchev–Trinajstić information content (AvgIpc) is 2.59. The number of hydrogen-bond acceptors (Lipinski definition) is 7. The molecule has 0 spiro atoms. The van der Waals surface area contributed by atoms with E-state index in [9.17, 15) is 24.3 Å². The first-order chi connectivity index (χ1) is 12.5. The van der Waals surface area contributed by atoms with Crippen LogP contribution >= 0.6 is 0 Å². The van der Waals surface area contributed by atoms with Crippen molar-refractivity contribution in [2.24, 2.45) is 11.7 Å². The van der Waals surface area contributed by atoms with Crippen molar-refractivity contribution in [1.29, 1.82) is 0 Å². The van der Waals surface area contributed by atoms with Gasteiger partial charge in [-0.3, -0.25) is 14.4 Å². The van der Waals surface area contributed by atoms with E-state index in [-0.39, 0.29) is 5.92 Å². The molecule has 0 aliphatic carbocycles. The number of aliphatic carboxylic acids is 1. The number of rotatable bonds is 11. The van der Waals surface area contributed by atoms with Crippen molar-refractivity contribution in [3.8, 4) is 0 Å². The van der Waals surface area contributed by atoms with Crippen molar-refractivity contribution in [2.45, 2.75) is 64.4 Å². The molecule has 11 nitrogen and oxygen atoms in total. The number of aliphatic hydroxyl groups excluding tert-OH is 2. The summed E-state index contributed by atoms with van der Waals surface area (Å²) in [5.74, 6) is -4.10. The first-order valence-corrected chi connectivity index (χ1v) is 8.64. The summed E-state index contributed by atoms with van der Waals surface area (Å²) in [5, 5.41) is 34.6. The van der Waals surface area contributed by atoms with Crippen molar-refractivity contribution >= 4 is 23.7 Å². The highest BCUT2D eigenvalue weighted by Gasteiger charge is 2.33. The van der Waals surface area contributed by atoms with Gasteiger partial charge >= 0.3 is 5.97 Å². The van der Waals surface area contributed by atoms with Gasteiger partial charge in [0.25, 0.3) is 0 Å². The molecule has 0 aromatic rings. The second-order valence-corrected chi connectivity index (χ2v) is 6.47. The number of nitrogens with two attached hydrogens (primary N) is 1. The Morgan fingerprint density at radius 3 is 1.78 bits per heavy atom. The zero-order valence-corrected chi connectivity index (χ0v) is 15.9. The predicted molar refractivity (Wildman–Crippen MR) is 95.3 cm³/mol. The summed E-state index contributed by atoms with van der Waals surface area (Å²) in [6.45, 7) is 5.31. The largest absolute Gasteiger partial charge is 0.480 e. The summed E-state index contributed by atoms with van der Waals surface area (Å²) in [7, 11) is 0. The molecule has 11 heteroatoms. The first kappa shape index (κ1) is 24.8. The molecular formula is C16H30N4O7.